The van der Waals surface area contributed by atoms with E-state index >= 15 is 0 Å². The first-order valence-electron chi connectivity index (χ1n) is 15.0. The smallest absolute Gasteiger partial charge is 0.313 e. The van der Waals surface area contributed by atoms with Crippen LogP contribution in [0.4, 0.5) is 15.8 Å². The molecular formula is C35H31ClFN5O6. The van der Waals surface area contributed by atoms with Crippen LogP contribution >= 0.6 is 11.6 Å². The van der Waals surface area contributed by atoms with Gasteiger partial charge in [0.1, 0.15) is 11.6 Å². The zero-order chi connectivity index (χ0) is 34.5. The maximum atomic E-state index is 14.1. The number of hydrogen-bond donors (Lipinski definition) is 1. The number of ether oxygens (including phenoxy) is 2. The lowest BCUT2D eigenvalue weighted by Gasteiger charge is -2.18. The Kier molecular flexibility index (Phi) is 10.1. The molecule has 1 heterocycles. The summed E-state index contributed by atoms with van der Waals surface area (Å²) in [5, 5.41) is 19.1. The maximum absolute atomic E-state index is 14.1. The van der Waals surface area contributed by atoms with Crippen molar-refractivity contribution >= 4 is 46.0 Å². The van der Waals surface area contributed by atoms with Gasteiger partial charge in [0.05, 0.1) is 34.3 Å². The Hall–Kier alpha value is -5.62. The molecule has 0 radical (unpaired) electrons. The molecule has 0 aliphatic heterocycles. The molecule has 11 nitrogen and oxygen atoms in total. The molecule has 246 valence electrons. The summed E-state index contributed by atoms with van der Waals surface area (Å²) in [5.74, 6) is -0.738. The van der Waals surface area contributed by atoms with Gasteiger partial charge in [-0.05, 0) is 73.4 Å². The van der Waals surface area contributed by atoms with E-state index in [-0.39, 0.29) is 33.8 Å². The number of fused-ring (bicyclic) bond motifs is 1. The topological polar surface area (TPSA) is 138 Å². The van der Waals surface area contributed by atoms with E-state index in [9.17, 15) is 24.1 Å². The number of nitrogens with one attached hydrogen (secondary N) is 1. The van der Waals surface area contributed by atoms with Crippen LogP contribution in [0.25, 0.3) is 22.3 Å². The summed E-state index contributed by atoms with van der Waals surface area (Å²) in [7, 11) is 0. The molecule has 0 fully saturated rings. The van der Waals surface area contributed by atoms with E-state index in [2.05, 4.69) is 10.4 Å². The summed E-state index contributed by atoms with van der Waals surface area (Å²) in [5.41, 5.74) is 1.64. The molecule has 1 amide bonds. The normalized spacial score (nSPS) is 11.3. The number of carbonyl (C=O) groups excluding carboxylic acids is 1. The van der Waals surface area contributed by atoms with E-state index in [0.717, 1.165) is 27.6 Å². The van der Waals surface area contributed by atoms with Crippen LogP contribution in [0, 0.1) is 22.9 Å². The Morgan fingerprint density at radius 3 is 2.56 bits per heavy atom. The first-order chi connectivity index (χ1) is 23.0. The van der Waals surface area contributed by atoms with Crippen molar-refractivity contribution in [3.63, 3.8) is 0 Å². The van der Waals surface area contributed by atoms with E-state index in [1.807, 2.05) is 39.8 Å². The lowest BCUT2D eigenvalue weighted by Crippen LogP contribution is -2.22. The number of nitro groups is 1. The predicted molar refractivity (Wildman–Crippen MR) is 183 cm³/mol. The van der Waals surface area contributed by atoms with Gasteiger partial charge in [-0.15, -0.1) is 0 Å². The minimum Gasteiger partial charge on any atom is -0.494 e. The molecule has 1 aromatic heterocycles. The Balaban J connectivity index is 1.63. The molecule has 0 aliphatic rings. The summed E-state index contributed by atoms with van der Waals surface area (Å²) >= 11 is 6.24. The summed E-state index contributed by atoms with van der Waals surface area (Å²) in [4.78, 5) is 42.6. The van der Waals surface area contributed by atoms with Crippen LogP contribution in [0.2, 0.25) is 5.02 Å². The number of aryl methyl sites for hydroxylation is 1. The standard InChI is InChI=1S/C35H31ClFN5O6/c1-5-47-31-14-21(4)26(17-25(31)20(2)3)34-40-28-12-8-6-10-24(28)35(44)41(34)38-18-22-15-23(36)16-30(42(45)46)33(22)48-19-32(43)39-29-13-9-7-11-27(29)37/h6-18,20H,5,19H2,1-4H3,(H,39,43). The summed E-state index contributed by atoms with van der Waals surface area (Å²) in [6.45, 7) is 7.60. The van der Waals surface area contributed by atoms with Crippen LogP contribution in [0.1, 0.15) is 43.4 Å². The van der Waals surface area contributed by atoms with Gasteiger partial charge in [-0.2, -0.15) is 9.78 Å². The van der Waals surface area contributed by atoms with Crippen molar-refractivity contribution in [3.8, 4) is 22.9 Å². The molecule has 5 aromatic rings. The number of amides is 1. The molecule has 13 heteroatoms. The predicted octanol–water partition coefficient (Wildman–Crippen LogP) is 7.49. The zero-order valence-electron chi connectivity index (χ0n) is 26.5. The first-order valence-corrected chi connectivity index (χ1v) is 15.3. The van der Waals surface area contributed by atoms with Gasteiger partial charge < -0.3 is 14.8 Å². The molecule has 0 bridgehead atoms. The Morgan fingerprint density at radius 1 is 1.12 bits per heavy atom. The van der Waals surface area contributed by atoms with Crippen LogP contribution in [0.3, 0.4) is 0 Å². The highest BCUT2D eigenvalue weighted by atomic mass is 35.5. The summed E-state index contributed by atoms with van der Waals surface area (Å²) in [6.07, 6.45) is 1.18. The van der Waals surface area contributed by atoms with Gasteiger partial charge in [-0.1, -0.05) is 49.7 Å². The summed E-state index contributed by atoms with van der Waals surface area (Å²) in [6, 6.07) is 18.6. The van der Waals surface area contributed by atoms with Gasteiger partial charge in [-0.3, -0.25) is 19.7 Å². The van der Waals surface area contributed by atoms with E-state index < -0.39 is 34.5 Å². The fourth-order valence-electron chi connectivity index (χ4n) is 5.07. The van der Waals surface area contributed by atoms with Gasteiger partial charge in [0, 0.05) is 22.2 Å². The van der Waals surface area contributed by atoms with E-state index in [1.54, 1.807) is 24.3 Å². The number of anilines is 1. The second kappa shape index (κ2) is 14.4. The SMILES string of the molecule is CCOc1cc(C)c(-c2nc3ccccc3c(=O)n2N=Cc2cc(Cl)cc([N+](=O)[O-])c2OCC(=O)Nc2ccccc2F)cc1C(C)C. The third kappa shape index (κ3) is 7.18. The van der Waals surface area contributed by atoms with Crippen molar-refractivity contribution in [2.24, 2.45) is 5.10 Å². The Labute approximate surface area is 279 Å². The van der Waals surface area contributed by atoms with Gasteiger partial charge in [0.2, 0.25) is 5.75 Å². The van der Waals surface area contributed by atoms with Crippen molar-refractivity contribution in [2.75, 3.05) is 18.5 Å². The van der Waals surface area contributed by atoms with Gasteiger partial charge in [0.15, 0.2) is 12.4 Å². The third-order valence-corrected chi connectivity index (χ3v) is 7.56. The zero-order valence-corrected chi connectivity index (χ0v) is 27.2. The molecular weight excluding hydrogens is 641 g/mol. The van der Waals surface area contributed by atoms with Crippen LogP contribution in [0.5, 0.6) is 11.5 Å². The minimum absolute atomic E-state index is 0.00480. The average Bonchev–Trinajstić information content (AvgIpc) is 3.04. The number of nitro benzene ring substituents is 1. The van der Waals surface area contributed by atoms with Crippen molar-refractivity contribution in [2.45, 2.75) is 33.6 Å². The Bertz CT molecular complexity index is 2130. The maximum Gasteiger partial charge on any atom is 0.313 e. The molecule has 0 spiro atoms. The largest absolute Gasteiger partial charge is 0.494 e. The molecule has 0 unspecified atom stereocenters. The monoisotopic (exact) mass is 671 g/mol. The lowest BCUT2D eigenvalue weighted by atomic mass is 9.96. The third-order valence-electron chi connectivity index (χ3n) is 7.34. The fourth-order valence-corrected chi connectivity index (χ4v) is 5.29. The number of benzene rings is 4. The van der Waals surface area contributed by atoms with Crippen molar-refractivity contribution < 1.29 is 23.6 Å². The average molecular weight is 672 g/mol. The quantitative estimate of drug-likeness (QED) is 0.0872. The molecule has 0 saturated heterocycles. The minimum atomic E-state index is -0.767. The number of aromatic nitrogens is 2. The lowest BCUT2D eigenvalue weighted by molar-refractivity contribution is -0.385. The van der Waals surface area contributed by atoms with Crippen molar-refractivity contribution in [1.29, 1.82) is 0 Å². The highest BCUT2D eigenvalue weighted by Crippen LogP contribution is 2.36. The molecule has 5 rings (SSSR count). The number of carbonyl (C=O) groups is 1. The van der Waals surface area contributed by atoms with Gasteiger partial charge >= 0.3 is 5.69 Å². The van der Waals surface area contributed by atoms with Crippen molar-refractivity contribution in [1.82, 2.24) is 9.66 Å². The van der Waals surface area contributed by atoms with E-state index in [0.29, 0.717) is 23.1 Å². The molecule has 1 N–H and O–H groups in total. The van der Waals surface area contributed by atoms with Crippen LogP contribution < -0.4 is 20.3 Å². The number of rotatable bonds is 11. The highest BCUT2D eigenvalue weighted by molar-refractivity contribution is 6.31. The van der Waals surface area contributed by atoms with Gasteiger partial charge in [0.25, 0.3) is 11.5 Å². The summed E-state index contributed by atoms with van der Waals surface area (Å²) < 4.78 is 26.7. The molecule has 48 heavy (non-hydrogen) atoms. The Morgan fingerprint density at radius 2 is 1.85 bits per heavy atom. The van der Waals surface area contributed by atoms with E-state index in [4.69, 9.17) is 26.1 Å². The molecule has 0 aliphatic carbocycles. The number of nitrogens with zero attached hydrogens (tertiary/aromatic N) is 4. The second-order valence-electron chi connectivity index (χ2n) is 11.0. The van der Waals surface area contributed by atoms with Gasteiger partial charge in [-0.25, -0.2) is 9.37 Å². The number of hydrogen-bond acceptors (Lipinski definition) is 8. The second-order valence-corrected chi connectivity index (χ2v) is 11.5. The fraction of sp³-hybridized carbons (Fsp3) is 0.200. The van der Waals surface area contributed by atoms with Crippen molar-refractivity contribution in [3.05, 3.63) is 121 Å². The van der Waals surface area contributed by atoms with E-state index in [1.165, 1.54) is 36.5 Å². The first kappa shape index (κ1) is 33.7. The molecule has 4 aromatic carbocycles. The van der Waals surface area contributed by atoms with Crippen LogP contribution in [0.15, 0.2) is 82.7 Å². The van der Waals surface area contributed by atoms with Crippen LogP contribution in [-0.4, -0.2) is 39.9 Å². The highest BCUT2D eigenvalue weighted by Gasteiger charge is 2.23. The number of halogens is 2. The molecule has 0 saturated carbocycles. The van der Waals surface area contributed by atoms with Crippen LogP contribution in [-0.2, 0) is 4.79 Å². The number of para-hydroxylation sites is 2. The molecule has 0 atom stereocenters.